The fraction of sp³-hybridized carbons (Fsp3) is 0.300. The third-order valence-electron chi connectivity index (χ3n) is 2.76. The standard InChI is InChI=1S/C10H11ClN6O2S2/c11-8-9(17-6-7-20-10(17)14-8)21(18,19)13-2-1-4-16-5-3-12-15-16/h3,5-7,13H,1-2,4H2. The van der Waals surface area contributed by atoms with Crippen molar-refractivity contribution in [1.82, 2.24) is 29.1 Å². The molecule has 112 valence electrons. The summed E-state index contributed by atoms with van der Waals surface area (Å²) in [6, 6.07) is 0. The topological polar surface area (TPSA) is 94.2 Å². The van der Waals surface area contributed by atoms with Crippen LogP contribution in [-0.4, -0.2) is 39.3 Å². The smallest absolute Gasteiger partial charge is 0.259 e. The summed E-state index contributed by atoms with van der Waals surface area (Å²) in [5.41, 5.74) is 0. The number of thiazole rings is 1. The monoisotopic (exact) mass is 346 g/mol. The summed E-state index contributed by atoms with van der Waals surface area (Å²) in [5, 5.41) is 9.18. The van der Waals surface area contributed by atoms with Crippen LogP contribution in [0.15, 0.2) is 29.0 Å². The van der Waals surface area contributed by atoms with Crippen molar-refractivity contribution in [2.75, 3.05) is 6.54 Å². The van der Waals surface area contributed by atoms with Gasteiger partial charge in [-0.25, -0.2) is 18.1 Å². The van der Waals surface area contributed by atoms with E-state index in [1.54, 1.807) is 28.7 Å². The first-order chi connectivity index (χ1) is 10.1. The molecule has 0 radical (unpaired) electrons. The summed E-state index contributed by atoms with van der Waals surface area (Å²) in [4.78, 5) is 4.56. The summed E-state index contributed by atoms with van der Waals surface area (Å²) in [5.74, 6) is 0. The highest BCUT2D eigenvalue weighted by molar-refractivity contribution is 7.89. The number of hydrogen-bond donors (Lipinski definition) is 1. The molecule has 1 N–H and O–H groups in total. The first-order valence-electron chi connectivity index (χ1n) is 6.03. The average molecular weight is 347 g/mol. The minimum Gasteiger partial charge on any atom is -0.279 e. The van der Waals surface area contributed by atoms with Crippen molar-refractivity contribution in [3.63, 3.8) is 0 Å². The maximum atomic E-state index is 12.3. The van der Waals surface area contributed by atoms with Crippen molar-refractivity contribution in [3.05, 3.63) is 29.1 Å². The molecule has 0 aliphatic carbocycles. The molecule has 8 nitrogen and oxygen atoms in total. The largest absolute Gasteiger partial charge is 0.279 e. The molecule has 0 atom stereocenters. The van der Waals surface area contributed by atoms with E-state index in [0.29, 0.717) is 17.9 Å². The molecular weight excluding hydrogens is 336 g/mol. The van der Waals surface area contributed by atoms with Gasteiger partial charge in [0.05, 0.1) is 6.20 Å². The van der Waals surface area contributed by atoms with Gasteiger partial charge in [0.15, 0.2) is 15.1 Å². The molecule has 0 saturated heterocycles. The lowest BCUT2D eigenvalue weighted by molar-refractivity contribution is 0.540. The molecular formula is C10H11ClN6O2S2. The van der Waals surface area contributed by atoms with Gasteiger partial charge in [-0.15, -0.1) is 16.4 Å². The Kier molecular flexibility index (Phi) is 3.93. The fourth-order valence-electron chi connectivity index (χ4n) is 1.85. The zero-order valence-electron chi connectivity index (χ0n) is 10.7. The quantitative estimate of drug-likeness (QED) is 0.672. The molecule has 3 rings (SSSR count). The Morgan fingerprint density at radius 2 is 2.24 bits per heavy atom. The third kappa shape index (κ3) is 2.93. The molecule has 0 aromatic carbocycles. The molecule has 11 heteroatoms. The molecule has 0 aliphatic rings. The van der Waals surface area contributed by atoms with E-state index in [1.807, 2.05) is 0 Å². The molecule has 0 unspecified atom stereocenters. The van der Waals surface area contributed by atoms with E-state index in [1.165, 1.54) is 15.7 Å². The lowest BCUT2D eigenvalue weighted by atomic mass is 10.4. The molecule has 3 aromatic rings. The van der Waals surface area contributed by atoms with E-state index >= 15 is 0 Å². The second-order valence-corrected chi connectivity index (χ2v) is 7.09. The molecule has 21 heavy (non-hydrogen) atoms. The molecule has 0 aliphatic heterocycles. The third-order valence-corrected chi connectivity index (χ3v) is 5.38. The zero-order chi connectivity index (χ0) is 14.9. The average Bonchev–Trinajstić information content (AvgIpc) is 3.10. The summed E-state index contributed by atoms with van der Waals surface area (Å²) < 4.78 is 30.2. The Morgan fingerprint density at radius 3 is 3.00 bits per heavy atom. The molecule has 0 bridgehead atoms. The maximum Gasteiger partial charge on any atom is 0.259 e. The van der Waals surface area contributed by atoms with Crippen molar-refractivity contribution in [2.45, 2.75) is 18.0 Å². The Labute approximate surface area is 129 Å². The van der Waals surface area contributed by atoms with E-state index in [-0.39, 0.29) is 16.7 Å². The van der Waals surface area contributed by atoms with Gasteiger partial charge in [0.25, 0.3) is 10.0 Å². The van der Waals surface area contributed by atoms with Gasteiger partial charge in [-0.2, -0.15) is 0 Å². The van der Waals surface area contributed by atoms with Crippen LogP contribution in [0.3, 0.4) is 0 Å². The van der Waals surface area contributed by atoms with Crippen LogP contribution in [0.25, 0.3) is 4.96 Å². The highest BCUT2D eigenvalue weighted by Gasteiger charge is 2.24. The van der Waals surface area contributed by atoms with Crippen LogP contribution in [0.1, 0.15) is 6.42 Å². The second-order valence-electron chi connectivity index (χ2n) is 4.18. The normalized spacial score (nSPS) is 12.2. The predicted octanol–water partition coefficient (Wildman–Crippen LogP) is 1.01. The van der Waals surface area contributed by atoms with Crippen LogP contribution in [0.2, 0.25) is 5.15 Å². The van der Waals surface area contributed by atoms with Gasteiger partial charge in [0.2, 0.25) is 0 Å². The maximum absolute atomic E-state index is 12.3. The first kappa shape index (κ1) is 14.4. The molecule has 0 spiro atoms. The Bertz CT molecular complexity index is 838. The zero-order valence-corrected chi connectivity index (χ0v) is 13.1. The van der Waals surface area contributed by atoms with Crippen LogP contribution in [-0.2, 0) is 16.6 Å². The molecule has 3 aromatic heterocycles. The molecule has 0 fully saturated rings. The van der Waals surface area contributed by atoms with Gasteiger partial charge in [-0.05, 0) is 6.42 Å². The summed E-state index contributed by atoms with van der Waals surface area (Å²) >= 11 is 7.24. The van der Waals surface area contributed by atoms with E-state index in [9.17, 15) is 8.42 Å². The van der Waals surface area contributed by atoms with Crippen LogP contribution >= 0.6 is 22.9 Å². The van der Waals surface area contributed by atoms with Gasteiger partial charge in [0, 0.05) is 30.9 Å². The Balaban J connectivity index is 1.69. The van der Waals surface area contributed by atoms with Crippen molar-refractivity contribution in [2.24, 2.45) is 0 Å². The summed E-state index contributed by atoms with van der Waals surface area (Å²) in [7, 11) is -3.71. The van der Waals surface area contributed by atoms with Crippen molar-refractivity contribution in [1.29, 1.82) is 0 Å². The SMILES string of the molecule is O=S(=O)(NCCCn1ccnn1)c1c(Cl)nc2sccn12. The minimum atomic E-state index is -3.71. The number of rotatable bonds is 6. The van der Waals surface area contributed by atoms with E-state index < -0.39 is 10.0 Å². The Morgan fingerprint density at radius 1 is 1.38 bits per heavy atom. The van der Waals surface area contributed by atoms with Crippen molar-refractivity contribution in [3.8, 4) is 0 Å². The van der Waals surface area contributed by atoms with Crippen LogP contribution in [0.5, 0.6) is 0 Å². The van der Waals surface area contributed by atoms with E-state index in [2.05, 4.69) is 20.0 Å². The minimum absolute atomic E-state index is 0.0226. The van der Waals surface area contributed by atoms with Crippen molar-refractivity contribution < 1.29 is 8.42 Å². The van der Waals surface area contributed by atoms with Gasteiger partial charge in [-0.1, -0.05) is 16.8 Å². The second kappa shape index (κ2) is 5.72. The summed E-state index contributed by atoms with van der Waals surface area (Å²) in [6.07, 6.45) is 5.51. The number of imidazole rings is 1. The van der Waals surface area contributed by atoms with E-state index in [4.69, 9.17) is 11.6 Å². The predicted molar refractivity (Wildman–Crippen MR) is 77.9 cm³/mol. The number of nitrogens with zero attached hydrogens (tertiary/aromatic N) is 5. The number of nitrogens with one attached hydrogen (secondary N) is 1. The summed E-state index contributed by atoms with van der Waals surface area (Å²) in [6.45, 7) is 0.854. The van der Waals surface area contributed by atoms with Gasteiger partial charge in [0.1, 0.15) is 0 Å². The highest BCUT2D eigenvalue weighted by atomic mass is 35.5. The number of halogens is 1. The molecule has 3 heterocycles. The van der Waals surface area contributed by atoms with Crippen LogP contribution in [0, 0.1) is 0 Å². The lowest BCUT2D eigenvalue weighted by Gasteiger charge is -2.06. The van der Waals surface area contributed by atoms with Gasteiger partial charge in [-0.3, -0.25) is 9.08 Å². The number of aryl methyl sites for hydroxylation is 1. The van der Waals surface area contributed by atoms with Gasteiger partial charge < -0.3 is 0 Å². The van der Waals surface area contributed by atoms with Gasteiger partial charge >= 0.3 is 0 Å². The number of hydrogen-bond acceptors (Lipinski definition) is 6. The highest BCUT2D eigenvalue weighted by Crippen LogP contribution is 2.25. The number of aromatic nitrogens is 5. The number of sulfonamides is 1. The molecule has 0 saturated carbocycles. The number of fused-ring (bicyclic) bond motifs is 1. The fourth-order valence-corrected chi connectivity index (χ4v) is 4.37. The lowest BCUT2D eigenvalue weighted by Crippen LogP contribution is -2.26. The molecule has 0 amide bonds. The van der Waals surface area contributed by atoms with Crippen molar-refractivity contribution >= 4 is 37.9 Å². The van der Waals surface area contributed by atoms with E-state index in [0.717, 1.165) is 0 Å². The van der Waals surface area contributed by atoms with Crippen LogP contribution in [0.4, 0.5) is 0 Å². The first-order valence-corrected chi connectivity index (χ1v) is 8.77. The Hall–Kier alpha value is -1.49. The van der Waals surface area contributed by atoms with Crippen LogP contribution < -0.4 is 4.72 Å².